The first-order chi connectivity index (χ1) is 13.1. The predicted octanol–water partition coefficient (Wildman–Crippen LogP) is 4.23. The van der Waals surface area contributed by atoms with Crippen LogP contribution < -0.4 is 9.64 Å². The summed E-state index contributed by atoms with van der Waals surface area (Å²) < 4.78 is 10.6. The number of hydrogen-bond acceptors (Lipinski definition) is 5. The van der Waals surface area contributed by atoms with Gasteiger partial charge in [-0.3, -0.25) is 4.79 Å². The van der Waals surface area contributed by atoms with Gasteiger partial charge in [-0.25, -0.2) is 0 Å². The van der Waals surface area contributed by atoms with E-state index in [2.05, 4.69) is 10.1 Å². The van der Waals surface area contributed by atoms with Gasteiger partial charge in [-0.2, -0.15) is 4.98 Å². The Hall–Kier alpha value is -2.86. The zero-order chi connectivity index (χ0) is 19.0. The maximum absolute atomic E-state index is 12.5. The predicted molar refractivity (Wildman–Crippen MR) is 102 cm³/mol. The second-order valence-corrected chi connectivity index (χ2v) is 6.90. The van der Waals surface area contributed by atoms with Gasteiger partial charge in [0.15, 0.2) is 0 Å². The fourth-order valence-electron chi connectivity index (χ4n) is 3.28. The Labute approximate surface area is 161 Å². The molecule has 2 heterocycles. The fraction of sp³-hybridized carbons (Fsp3) is 0.250. The van der Waals surface area contributed by atoms with E-state index in [4.69, 9.17) is 20.9 Å². The van der Waals surface area contributed by atoms with Crippen molar-refractivity contribution in [2.75, 3.05) is 18.6 Å². The Morgan fingerprint density at radius 2 is 2.07 bits per heavy atom. The summed E-state index contributed by atoms with van der Waals surface area (Å²) in [6.45, 7) is 2.47. The van der Waals surface area contributed by atoms with Crippen molar-refractivity contribution >= 4 is 23.2 Å². The van der Waals surface area contributed by atoms with Crippen molar-refractivity contribution in [2.45, 2.75) is 19.3 Å². The van der Waals surface area contributed by atoms with Crippen LogP contribution in [0.15, 0.2) is 47.0 Å². The third-order valence-corrected chi connectivity index (χ3v) is 5.04. The minimum atomic E-state index is -0.149. The monoisotopic (exact) mass is 383 g/mol. The van der Waals surface area contributed by atoms with Crippen LogP contribution in [0.1, 0.15) is 23.8 Å². The van der Waals surface area contributed by atoms with Crippen molar-refractivity contribution in [1.82, 2.24) is 10.1 Å². The molecule has 0 spiro atoms. The number of nitrogens with zero attached hydrogens (tertiary/aromatic N) is 3. The molecule has 7 heteroatoms. The second kappa shape index (κ2) is 7.04. The molecule has 27 heavy (non-hydrogen) atoms. The molecule has 6 nitrogen and oxygen atoms in total. The Morgan fingerprint density at radius 3 is 2.81 bits per heavy atom. The molecule has 1 saturated heterocycles. The maximum atomic E-state index is 12.5. The number of rotatable bonds is 4. The van der Waals surface area contributed by atoms with Crippen LogP contribution in [-0.4, -0.2) is 29.7 Å². The Morgan fingerprint density at radius 1 is 1.26 bits per heavy atom. The van der Waals surface area contributed by atoms with E-state index in [0.717, 1.165) is 16.8 Å². The Kier molecular flexibility index (Phi) is 4.58. The number of hydrogen-bond donors (Lipinski definition) is 0. The van der Waals surface area contributed by atoms with Crippen molar-refractivity contribution in [3.8, 4) is 17.1 Å². The molecular formula is C20H18ClN3O3. The van der Waals surface area contributed by atoms with E-state index in [9.17, 15) is 4.79 Å². The molecule has 1 aliphatic heterocycles. The number of ether oxygens (including phenoxy) is 1. The second-order valence-electron chi connectivity index (χ2n) is 6.50. The van der Waals surface area contributed by atoms with Gasteiger partial charge < -0.3 is 14.2 Å². The Bertz CT molecular complexity index is 1000. The van der Waals surface area contributed by atoms with Gasteiger partial charge in [0, 0.05) is 24.2 Å². The molecule has 1 aromatic heterocycles. The van der Waals surface area contributed by atoms with Gasteiger partial charge >= 0.3 is 0 Å². The smallest absolute Gasteiger partial charge is 0.232 e. The van der Waals surface area contributed by atoms with Crippen molar-refractivity contribution in [2.24, 2.45) is 0 Å². The molecule has 0 saturated carbocycles. The van der Waals surface area contributed by atoms with Crippen LogP contribution in [0.5, 0.6) is 5.75 Å². The lowest BCUT2D eigenvalue weighted by Crippen LogP contribution is -2.24. The molecule has 1 atom stereocenters. The van der Waals surface area contributed by atoms with E-state index in [1.807, 2.05) is 37.3 Å². The molecule has 138 valence electrons. The highest BCUT2D eigenvalue weighted by molar-refractivity contribution is 6.32. The quantitative estimate of drug-likeness (QED) is 0.674. The van der Waals surface area contributed by atoms with E-state index < -0.39 is 0 Å². The summed E-state index contributed by atoms with van der Waals surface area (Å²) in [6.07, 6.45) is 0.319. The first kappa shape index (κ1) is 17.5. The van der Waals surface area contributed by atoms with E-state index in [1.54, 1.807) is 24.1 Å². The summed E-state index contributed by atoms with van der Waals surface area (Å²) in [5, 5.41) is 4.56. The molecule has 4 rings (SSSR count). The van der Waals surface area contributed by atoms with Gasteiger partial charge in [0.05, 0.1) is 18.1 Å². The molecule has 0 unspecified atom stereocenters. The van der Waals surface area contributed by atoms with E-state index in [0.29, 0.717) is 35.5 Å². The largest absolute Gasteiger partial charge is 0.495 e. The first-order valence-electron chi connectivity index (χ1n) is 8.60. The Balaban J connectivity index is 1.56. The van der Waals surface area contributed by atoms with Gasteiger partial charge in [0.2, 0.25) is 17.6 Å². The molecule has 0 aliphatic carbocycles. The molecule has 2 aromatic carbocycles. The van der Waals surface area contributed by atoms with Gasteiger partial charge in [-0.15, -0.1) is 0 Å². The lowest BCUT2D eigenvalue weighted by atomic mass is 10.1. The minimum absolute atomic E-state index is 0.00289. The summed E-state index contributed by atoms with van der Waals surface area (Å²) in [5.41, 5.74) is 2.73. The number of aromatic nitrogens is 2. The van der Waals surface area contributed by atoms with E-state index in [1.165, 1.54) is 0 Å². The fourth-order valence-corrected chi connectivity index (χ4v) is 3.53. The van der Waals surface area contributed by atoms with Crippen molar-refractivity contribution in [1.29, 1.82) is 0 Å². The normalized spacial score (nSPS) is 16.8. The third-order valence-electron chi connectivity index (χ3n) is 4.75. The van der Waals surface area contributed by atoms with Crippen LogP contribution >= 0.6 is 11.6 Å². The van der Waals surface area contributed by atoms with Crippen LogP contribution in [0.25, 0.3) is 11.4 Å². The highest BCUT2D eigenvalue weighted by Crippen LogP contribution is 2.35. The summed E-state index contributed by atoms with van der Waals surface area (Å²) in [4.78, 5) is 18.7. The maximum Gasteiger partial charge on any atom is 0.232 e. The number of carbonyl (C=O) groups is 1. The zero-order valence-electron chi connectivity index (χ0n) is 15.0. The minimum Gasteiger partial charge on any atom is -0.495 e. The van der Waals surface area contributed by atoms with Crippen LogP contribution in [0.3, 0.4) is 0 Å². The van der Waals surface area contributed by atoms with Crippen LogP contribution in [-0.2, 0) is 4.79 Å². The molecule has 0 radical (unpaired) electrons. The molecule has 0 bridgehead atoms. The lowest BCUT2D eigenvalue weighted by molar-refractivity contribution is -0.117. The number of carbonyl (C=O) groups excluding carboxylic acids is 1. The van der Waals surface area contributed by atoms with Gasteiger partial charge in [0.25, 0.3) is 0 Å². The lowest BCUT2D eigenvalue weighted by Gasteiger charge is -2.17. The average molecular weight is 384 g/mol. The highest BCUT2D eigenvalue weighted by Gasteiger charge is 2.35. The molecular weight excluding hydrogens is 366 g/mol. The molecule has 1 amide bonds. The van der Waals surface area contributed by atoms with Crippen molar-refractivity contribution in [3.63, 3.8) is 0 Å². The van der Waals surface area contributed by atoms with Crippen molar-refractivity contribution < 1.29 is 14.1 Å². The third kappa shape index (κ3) is 3.28. The number of aryl methyl sites for hydroxylation is 1. The van der Waals surface area contributed by atoms with Crippen LogP contribution in [0.2, 0.25) is 5.02 Å². The van der Waals surface area contributed by atoms with Gasteiger partial charge in [-0.05, 0) is 30.7 Å². The average Bonchev–Trinajstić information content (AvgIpc) is 3.29. The molecule has 3 aromatic rings. The van der Waals surface area contributed by atoms with Crippen LogP contribution in [0, 0.1) is 6.92 Å². The summed E-state index contributed by atoms with van der Waals surface area (Å²) in [5.74, 6) is 1.44. The highest BCUT2D eigenvalue weighted by atomic mass is 35.5. The number of benzene rings is 2. The van der Waals surface area contributed by atoms with Gasteiger partial charge in [0.1, 0.15) is 5.75 Å². The topological polar surface area (TPSA) is 68.5 Å². The van der Waals surface area contributed by atoms with E-state index in [-0.39, 0.29) is 11.8 Å². The summed E-state index contributed by atoms with van der Waals surface area (Å²) >= 11 is 6.19. The van der Waals surface area contributed by atoms with Crippen LogP contribution in [0.4, 0.5) is 5.69 Å². The van der Waals surface area contributed by atoms with Gasteiger partial charge in [-0.1, -0.05) is 41.0 Å². The molecule has 1 aliphatic rings. The number of anilines is 1. The number of halogens is 1. The summed E-state index contributed by atoms with van der Waals surface area (Å²) in [7, 11) is 1.56. The molecule has 1 fully saturated rings. The standard InChI is InChI=1S/C20H18ClN3O3/c1-12-5-3-4-6-15(12)19-22-20(27-23-19)13-9-18(25)24(11-13)14-7-8-17(26-2)16(21)10-14/h3-8,10,13H,9,11H2,1-2H3/t13-/m0/s1. The van der Waals surface area contributed by atoms with E-state index >= 15 is 0 Å². The number of amides is 1. The zero-order valence-corrected chi connectivity index (χ0v) is 15.7. The summed E-state index contributed by atoms with van der Waals surface area (Å²) in [6, 6.07) is 13.2. The van der Waals surface area contributed by atoms with Crippen molar-refractivity contribution in [3.05, 3.63) is 58.9 Å². The molecule has 0 N–H and O–H groups in total. The first-order valence-corrected chi connectivity index (χ1v) is 8.98. The SMILES string of the molecule is COc1ccc(N2C[C@@H](c3nc(-c4ccccc4C)no3)CC2=O)cc1Cl. The number of methoxy groups -OCH3 is 1.